The highest BCUT2D eigenvalue weighted by Crippen LogP contribution is 2.30. The summed E-state index contributed by atoms with van der Waals surface area (Å²) in [5.74, 6) is 0.854. The molecule has 2 aromatic carbocycles. The lowest BCUT2D eigenvalue weighted by Gasteiger charge is -2.10. The van der Waals surface area contributed by atoms with Crippen molar-refractivity contribution in [2.45, 2.75) is 40.5 Å². The number of amides is 1. The van der Waals surface area contributed by atoms with Gasteiger partial charge in [0.05, 0.1) is 12.3 Å². The third kappa shape index (κ3) is 4.98. The fourth-order valence-corrected chi connectivity index (χ4v) is 3.76. The van der Waals surface area contributed by atoms with Gasteiger partial charge in [0, 0.05) is 16.9 Å². The third-order valence-electron chi connectivity index (χ3n) is 4.73. The summed E-state index contributed by atoms with van der Waals surface area (Å²) < 4.78 is 5.82. The first-order valence-electron chi connectivity index (χ1n) is 9.47. The number of rotatable bonds is 7. The average molecular weight is 395 g/mol. The molecular weight excluding hydrogens is 368 g/mol. The standard InChI is InChI=1S/C23H26N2O2S/c1-15-10-12-19(13-11-15)22-18(4)28-23(25-22)24-21(26)9-6-14-27-20-8-5-7-16(2)17(20)3/h5,7-8,10-13H,6,9,14H2,1-4H3,(H,24,25,26). The summed E-state index contributed by atoms with van der Waals surface area (Å²) in [4.78, 5) is 17.9. The van der Waals surface area contributed by atoms with Crippen molar-refractivity contribution in [1.82, 2.24) is 4.98 Å². The van der Waals surface area contributed by atoms with Crippen molar-refractivity contribution >= 4 is 22.4 Å². The quantitative estimate of drug-likeness (QED) is 0.512. The van der Waals surface area contributed by atoms with E-state index in [9.17, 15) is 4.79 Å². The van der Waals surface area contributed by atoms with Crippen LogP contribution in [0, 0.1) is 27.7 Å². The van der Waals surface area contributed by atoms with Gasteiger partial charge in [-0.2, -0.15) is 0 Å². The van der Waals surface area contributed by atoms with Gasteiger partial charge in [-0.25, -0.2) is 4.98 Å². The summed E-state index contributed by atoms with van der Waals surface area (Å²) in [5.41, 5.74) is 5.57. The molecule has 0 bridgehead atoms. The van der Waals surface area contributed by atoms with Crippen molar-refractivity contribution in [1.29, 1.82) is 0 Å². The number of aryl methyl sites for hydroxylation is 3. The van der Waals surface area contributed by atoms with Gasteiger partial charge in [0.2, 0.25) is 5.91 Å². The van der Waals surface area contributed by atoms with E-state index in [0.717, 1.165) is 27.4 Å². The van der Waals surface area contributed by atoms with Crippen LogP contribution in [0.1, 0.15) is 34.4 Å². The summed E-state index contributed by atoms with van der Waals surface area (Å²) >= 11 is 1.51. The van der Waals surface area contributed by atoms with Crippen molar-refractivity contribution in [2.75, 3.05) is 11.9 Å². The van der Waals surface area contributed by atoms with Gasteiger partial charge < -0.3 is 10.1 Å². The van der Waals surface area contributed by atoms with Crippen LogP contribution in [0.25, 0.3) is 11.3 Å². The molecule has 1 amide bonds. The van der Waals surface area contributed by atoms with Crippen molar-refractivity contribution < 1.29 is 9.53 Å². The Balaban J connectivity index is 1.50. The van der Waals surface area contributed by atoms with Gasteiger partial charge in [-0.15, -0.1) is 11.3 Å². The molecule has 0 spiro atoms. The average Bonchev–Trinajstić information content (AvgIpc) is 3.02. The fraction of sp³-hybridized carbons (Fsp3) is 0.304. The molecule has 0 aliphatic rings. The Morgan fingerprint density at radius 2 is 1.82 bits per heavy atom. The highest BCUT2D eigenvalue weighted by Gasteiger charge is 2.12. The van der Waals surface area contributed by atoms with Crippen molar-refractivity contribution in [2.24, 2.45) is 0 Å². The lowest BCUT2D eigenvalue weighted by Crippen LogP contribution is -2.12. The van der Waals surface area contributed by atoms with Crippen LogP contribution in [-0.2, 0) is 4.79 Å². The Morgan fingerprint density at radius 3 is 2.57 bits per heavy atom. The van der Waals surface area contributed by atoms with E-state index in [1.54, 1.807) is 0 Å². The number of hydrogen-bond donors (Lipinski definition) is 1. The van der Waals surface area contributed by atoms with E-state index in [0.29, 0.717) is 24.6 Å². The molecule has 1 heterocycles. The zero-order valence-corrected chi connectivity index (χ0v) is 17.7. The molecule has 146 valence electrons. The second-order valence-corrected chi connectivity index (χ2v) is 8.19. The Labute approximate surface area is 170 Å². The van der Waals surface area contributed by atoms with Crippen LogP contribution >= 0.6 is 11.3 Å². The molecule has 5 heteroatoms. The number of aromatic nitrogens is 1. The van der Waals surface area contributed by atoms with Crippen LogP contribution in [0.4, 0.5) is 5.13 Å². The van der Waals surface area contributed by atoms with Crippen LogP contribution in [0.5, 0.6) is 5.75 Å². The van der Waals surface area contributed by atoms with Crippen LogP contribution in [0.2, 0.25) is 0 Å². The molecule has 1 N–H and O–H groups in total. The molecule has 0 radical (unpaired) electrons. The molecule has 0 aliphatic heterocycles. The normalized spacial score (nSPS) is 10.7. The highest BCUT2D eigenvalue weighted by molar-refractivity contribution is 7.16. The molecule has 3 rings (SSSR count). The van der Waals surface area contributed by atoms with Crippen molar-refractivity contribution in [3.63, 3.8) is 0 Å². The first kappa shape index (κ1) is 20.1. The summed E-state index contributed by atoms with van der Waals surface area (Å²) in [5, 5.41) is 3.56. The number of anilines is 1. The largest absolute Gasteiger partial charge is 0.493 e. The summed E-state index contributed by atoms with van der Waals surface area (Å²) in [7, 11) is 0. The van der Waals surface area contributed by atoms with Crippen LogP contribution in [0.15, 0.2) is 42.5 Å². The number of nitrogens with one attached hydrogen (secondary N) is 1. The number of carbonyl (C=O) groups excluding carboxylic acids is 1. The van der Waals surface area contributed by atoms with E-state index in [2.05, 4.69) is 54.5 Å². The Hall–Kier alpha value is -2.66. The van der Waals surface area contributed by atoms with Gasteiger partial charge >= 0.3 is 0 Å². The van der Waals surface area contributed by atoms with Gasteiger partial charge in [-0.05, 0) is 51.3 Å². The summed E-state index contributed by atoms with van der Waals surface area (Å²) in [6.07, 6.45) is 1.07. The Bertz CT molecular complexity index is 961. The van der Waals surface area contributed by atoms with Gasteiger partial charge in [-0.3, -0.25) is 4.79 Å². The molecule has 1 aromatic heterocycles. The Morgan fingerprint density at radius 1 is 1.07 bits per heavy atom. The number of nitrogens with zero attached hydrogens (tertiary/aromatic N) is 1. The number of benzene rings is 2. The maximum absolute atomic E-state index is 12.2. The van der Waals surface area contributed by atoms with Crippen molar-refractivity contribution in [3.8, 4) is 17.0 Å². The molecule has 0 saturated carbocycles. The molecule has 28 heavy (non-hydrogen) atoms. The molecule has 4 nitrogen and oxygen atoms in total. The van der Waals surface area contributed by atoms with Gasteiger partial charge in [0.15, 0.2) is 5.13 Å². The second kappa shape index (κ2) is 9.02. The number of thiazole rings is 1. The molecule has 0 fully saturated rings. The van der Waals surface area contributed by atoms with Crippen molar-refractivity contribution in [3.05, 3.63) is 64.0 Å². The van der Waals surface area contributed by atoms with Crippen LogP contribution < -0.4 is 10.1 Å². The van der Waals surface area contributed by atoms with E-state index in [1.165, 1.54) is 22.5 Å². The van der Waals surface area contributed by atoms with E-state index in [1.807, 2.05) is 26.0 Å². The summed E-state index contributed by atoms with van der Waals surface area (Å²) in [6.45, 7) is 8.72. The third-order valence-corrected chi connectivity index (χ3v) is 5.61. The minimum Gasteiger partial charge on any atom is -0.493 e. The lowest BCUT2D eigenvalue weighted by atomic mass is 10.1. The highest BCUT2D eigenvalue weighted by atomic mass is 32.1. The lowest BCUT2D eigenvalue weighted by molar-refractivity contribution is -0.116. The smallest absolute Gasteiger partial charge is 0.226 e. The van der Waals surface area contributed by atoms with E-state index >= 15 is 0 Å². The fourth-order valence-electron chi connectivity index (χ4n) is 2.91. The predicted octanol–water partition coefficient (Wildman–Crippen LogP) is 5.84. The molecule has 0 saturated heterocycles. The van der Waals surface area contributed by atoms with Gasteiger partial charge in [-0.1, -0.05) is 42.0 Å². The van der Waals surface area contributed by atoms with Crippen LogP contribution in [-0.4, -0.2) is 17.5 Å². The molecule has 0 atom stereocenters. The molecular formula is C23H26N2O2S. The van der Waals surface area contributed by atoms with Gasteiger partial charge in [0.1, 0.15) is 5.75 Å². The van der Waals surface area contributed by atoms with Gasteiger partial charge in [0.25, 0.3) is 0 Å². The topological polar surface area (TPSA) is 51.2 Å². The minimum absolute atomic E-state index is 0.0335. The SMILES string of the molecule is Cc1ccc(-c2nc(NC(=O)CCCOc3cccc(C)c3C)sc2C)cc1. The van der Waals surface area contributed by atoms with Crippen LogP contribution in [0.3, 0.4) is 0 Å². The zero-order valence-electron chi connectivity index (χ0n) is 16.8. The zero-order chi connectivity index (χ0) is 20.1. The van der Waals surface area contributed by atoms with E-state index in [-0.39, 0.29) is 5.91 Å². The Kier molecular flexibility index (Phi) is 6.47. The number of carbonyl (C=O) groups is 1. The molecule has 0 unspecified atom stereocenters. The number of hydrogen-bond acceptors (Lipinski definition) is 4. The second-order valence-electron chi connectivity index (χ2n) is 6.99. The maximum Gasteiger partial charge on any atom is 0.226 e. The van der Waals surface area contributed by atoms with E-state index in [4.69, 9.17) is 4.74 Å². The summed E-state index contributed by atoms with van der Waals surface area (Å²) in [6, 6.07) is 14.3. The molecule has 3 aromatic rings. The first-order valence-corrected chi connectivity index (χ1v) is 10.3. The predicted molar refractivity (Wildman–Crippen MR) is 116 cm³/mol. The number of ether oxygens (including phenoxy) is 1. The monoisotopic (exact) mass is 394 g/mol. The maximum atomic E-state index is 12.2. The molecule has 0 aliphatic carbocycles. The first-order chi connectivity index (χ1) is 13.4. The minimum atomic E-state index is -0.0335. The van der Waals surface area contributed by atoms with E-state index < -0.39 is 0 Å².